The molecule has 2 aromatic rings. The van der Waals surface area contributed by atoms with Gasteiger partial charge >= 0.3 is 5.97 Å². The first-order chi connectivity index (χ1) is 14.4. The molecule has 166 valence electrons. The van der Waals surface area contributed by atoms with Gasteiger partial charge in [-0.05, 0) is 30.9 Å². The minimum atomic E-state index is -1.84. The zero-order chi connectivity index (χ0) is 22.0. The smallest absolute Gasteiger partial charge is 0.331 e. The molecule has 0 aliphatic rings. The second-order valence-corrected chi connectivity index (χ2v) is 8.74. The van der Waals surface area contributed by atoms with Crippen molar-refractivity contribution in [2.45, 2.75) is 95.9 Å². The summed E-state index contributed by atoms with van der Waals surface area (Å²) in [5.41, 5.74) is 6.08. The number of aromatic amines is 1. The Bertz CT molecular complexity index is 810. The highest BCUT2D eigenvalue weighted by molar-refractivity contribution is 6.07. The summed E-state index contributed by atoms with van der Waals surface area (Å²) >= 11 is 0. The van der Waals surface area contributed by atoms with Crippen LogP contribution >= 0.6 is 0 Å². The molecular formula is C25H38N2O3. The highest BCUT2D eigenvalue weighted by Crippen LogP contribution is 2.33. The van der Waals surface area contributed by atoms with E-state index in [9.17, 15) is 14.7 Å². The number of hydrogen-bond acceptors (Lipinski definition) is 3. The summed E-state index contributed by atoms with van der Waals surface area (Å²) in [5.74, 6) is -1.71. The van der Waals surface area contributed by atoms with E-state index >= 15 is 0 Å². The Labute approximate surface area is 180 Å². The first-order valence-corrected chi connectivity index (χ1v) is 11.5. The molecule has 0 aliphatic carbocycles. The summed E-state index contributed by atoms with van der Waals surface area (Å²) in [5, 5.41) is 10.4. The number of nitrogens with one attached hydrogen (secondary N) is 1. The molecule has 2 atom stereocenters. The van der Waals surface area contributed by atoms with Crippen LogP contribution in [0, 0.1) is 0 Å². The number of rotatable bonds is 15. The van der Waals surface area contributed by atoms with Crippen LogP contribution < -0.4 is 5.73 Å². The molecule has 0 bridgehead atoms. The molecule has 2 rings (SSSR count). The number of H-pyrrole nitrogens is 1. The number of carboxylic acids is 1. The largest absolute Gasteiger partial charge is 0.480 e. The van der Waals surface area contributed by atoms with Crippen molar-refractivity contribution in [3.63, 3.8) is 0 Å². The number of Topliss-reactive ketones (excluding diaryl/α,β-unsaturated/α-hetero) is 1. The Kier molecular flexibility index (Phi) is 9.57. The molecule has 2 unspecified atom stereocenters. The van der Waals surface area contributed by atoms with Crippen LogP contribution in [0.2, 0.25) is 0 Å². The van der Waals surface area contributed by atoms with Crippen LogP contribution in [-0.4, -0.2) is 27.4 Å². The van der Waals surface area contributed by atoms with Crippen LogP contribution in [0.25, 0.3) is 10.9 Å². The molecule has 4 N–H and O–H groups in total. The first-order valence-electron chi connectivity index (χ1n) is 11.5. The van der Waals surface area contributed by atoms with Crippen LogP contribution in [0.5, 0.6) is 0 Å². The maximum Gasteiger partial charge on any atom is 0.331 e. The van der Waals surface area contributed by atoms with E-state index in [1.807, 2.05) is 30.5 Å². The molecule has 0 fully saturated rings. The van der Waals surface area contributed by atoms with Crippen LogP contribution in [-0.2, 0) is 9.59 Å². The number of benzene rings is 1. The maximum atomic E-state index is 12.7. The molecule has 1 aromatic carbocycles. The van der Waals surface area contributed by atoms with Crippen molar-refractivity contribution in [3.8, 4) is 0 Å². The molecule has 30 heavy (non-hydrogen) atoms. The fourth-order valence-electron chi connectivity index (χ4n) is 4.06. The van der Waals surface area contributed by atoms with E-state index in [2.05, 4.69) is 11.9 Å². The number of nitrogens with two attached hydrogens (primary N) is 1. The highest BCUT2D eigenvalue weighted by Gasteiger charge is 2.37. The predicted octanol–water partition coefficient (Wildman–Crippen LogP) is 5.93. The van der Waals surface area contributed by atoms with E-state index in [1.165, 1.54) is 51.9 Å². The Hall–Kier alpha value is -2.14. The fraction of sp³-hybridized carbons (Fsp3) is 0.600. The average Bonchev–Trinajstić information content (AvgIpc) is 3.15. The van der Waals surface area contributed by atoms with Crippen molar-refractivity contribution < 1.29 is 14.7 Å². The van der Waals surface area contributed by atoms with E-state index in [1.54, 1.807) is 0 Å². The molecule has 1 heterocycles. The summed E-state index contributed by atoms with van der Waals surface area (Å²) in [7, 11) is 0. The second-order valence-electron chi connectivity index (χ2n) is 8.74. The molecule has 5 nitrogen and oxygen atoms in total. The lowest BCUT2D eigenvalue weighted by Crippen LogP contribution is -2.52. The number of fused-ring (bicyclic) bond motifs is 1. The lowest BCUT2D eigenvalue weighted by molar-refractivity contribution is -0.147. The number of carbonyl (C=O) groups excluding carboxylic acids is 1. The van der Waals surface area contributed by atoms with Gasteiger partial charge in [0.15, 0.2) is 11.3 Å². The summed E-state index contributed by atoms with van der Waals surface area (Å²) in [6.45, 7) is 3.53. The van der Waals surface area contributed by atoms with Crippen LogP contribution in [0.4, 0.5) is 0 Å². The Balaban J connectivity index is 1.97. The normalized spacial score (nSPS) is 14.5. The minimum absolute atomic E-state index is 0.0274. The lowest BCUT2D eigenvalue weighted by Gasteiger charge is -2.22. The molecule has 0 spiro atoms. The monoisotopic (exact) mass is 414 g/mol. The van der Waals surface area contributed by atoms with E-state index in [0.29, 0.717) is 0 Å². The van der Waals surface area contributed by atoms with Gasteiger partial charge in [-0.15, -0.1) is 0 Å². The van der Waals surface area contributed by atoms with Gasteiger partial charge in [-0.25, -0.2) is 4.79 Å². The van der Waals surface area contributed by atoms with Crippen LogP contribution in [0.1, 0.15) is 96.0 Å². The van der Waals surface area contributed by atoms with E-state index in [-0.39, 0.29) is 12.3 Å². The Morgan fingerprint density at radius 1 is 1.03 bits per heavy atom. The first kappa shape index (κ1) is 24.1. The van der Waals surface area contributed by atoms with Gasteiger partial charge in [0.2, 0.25) is 0 Å². The van der Waals surface area contributed by atoms with E-state index < -0.39 is 17.3 Å². The average molecular weight is 415 g/mol. The van der Waals surface area contributed by atoms with Crippen LogP contribution in [0.3, 0.4) is 0 Å². The van der Waals surface area contributed by atoms with E-state index in [0.717, 1.165) is 35.7 Å². The van der Waals surface area contributed by atoms with Gasteiger partial charge in [0.1, 0.15) is 0 Å². The van der Waals surface area contributed by atoms with Crippen molar-refractivity contribution in [3.05, 3.63) is 36.0 Å². The number of unbranched alkanes of at least 4 members (excludes halogenated alkanes) is 8. The quantitative estimate of drug-likeness (QED) is 0.248. The van der Waals surface area contributed by atoms with Crippen molar-refractivity contribution in [2.75, 3.05) is 0 Å². The topological polar surface area (TPSA) is 96.2 Å². The summed E-state index contributed by atoms with van der Waals surface area (Å²) in [6.07, 6.45) is 14.2. The maximum absolute atomic E-state index is 12.7. The summed E-state index contributed by atoms with van der Waals surface area (Å²) < 4.78 is 0. The van der Waals surface area contributed by atoms with Crippen LogP contribution in [0.15, 0.2) is 30.5 Å². The molecule has 5 heteroatoms. The number of ketones is 1. The number of carbonyl (C=O) groups is 2. The molecule has 0 aliphatic heterocycles. The Morgan fingerprint density at radius 3 is 2.27 bits per heavy atom. The molecular weight excluding hydrogens is 376 g/mol. The third-order valence-electron chi connectivity index (χ3n) is 6.17. The summed E-state index contributed by atoms with van der Waals surface area (Å²) in [6, 6.07) is 8.03. The van der Waals surface area contributed by atoms with Gasteiger partial charge in [0.05, 0.1) is 0 Å². The fourth-order valence-corrected chi connectivity index (χ4v) is 4.06. The third-order valence-corrected chi connectivity index (χ3v) is 6.17. The number of aromatic nitrogens is 1. The third kappa shape index (κ3) is 6.69. The van der Waals surface area contributed by atoms with Gasteiger partial charge in [0, 0.05) is 23.5 Å². The second kappa shape index (κ2) is 11.9. The van der Waals surface area contributed by atoms with Crippen molar-refractivity contribution in [1.29, 1.82) is 0 Å². The molecule has 0 saturated carbocycles. The predicted molar refractivity (Wildman–Crippen MR) is 123 cm³/mol. The number of para-hydroxylation sites is 1. The minimum Gasteiger partial charge on any atom is -0.480 e. The van der Waals surface area contributed by atoms with Crippen molar-refractivity contribution in [1.82, 2.24) is 4.98 Å². The van der Waals surface area contributed by atoms with E-state index in [4.69, 9.17) is 5.73 Å². The molecule has 1 aromatic heterocycles. The van der Waals surface area contributed by atoms with Gasteiger partial charge in [-0.3, -0.25) is 4.79 Å². The number of aliphatic carboxylic acids is 1. The summed E-state index contributed by atoms with van der Waals surface area (Å²) in [4.78, 5) is 27.4. The van der Waals surface area contributed by atoms with Gasteiger partial charge in [-0.2, -0.15) is 0 Å². The number of carboxylic acid groups (broad SMARTS) is 1. The number of hydrogen-bond donors (Lipinski definition) is 3. The Morgan fingerprint density at radius 2 is 1.63 bits per heavy atom. The van der Waals surface area contributed by atoms with Crippen molar-refractivity contribution >= 4 is 22.7 Å². The zero-order valence-corrected chi connectivity index (χ0v) is 18.6. The van der Waals surface area contributed by atoms with Gasteiger partial charge in [0.25, 0.3) is 0 Å². The van der Waals surface area contributed by atoms with Gasteiger partial charge in [-0.1, -0.05) is 82.9 Å². The lowest BCUT2D eigenvalue weighted by atomic mass is 9.83. The van der Waals surface area contributed by atoms with Crippen molar-refractivity contribution in [2.24, 2.45) is 5.73 Å². The molecule has 0 amide bonds. The zero-order valence-electron chi connectivity index (χ0n) is 18.6. The van der Waals surface area contributed by atoms with Gasteiger partial charge < -0.3 is 15.8 Å². The molecule has 0 saturated heterocycles. The molecule has 0 radical (unpaired) electrons. The SMILES string of the molecule is CCCCCCCCCCCC(CC(=O)C(C)(N)C(=O)O)c1c[nH]c2ccccc12. The highest BCUT2D eigenvalue weighted by atomic mass is 16.4. The standard InChI is InChI=1S/C25H38N2O3/c1-3-4-5-6-7-8-9-10-11-14-19(17-23(28)25(2,26)24(29)30)21-18-27-22-16-13-12-15-20(21)22/h12-13,15-16,18-19,27H,3-11,14,17,26H2,1-2H3,(H,29,30).